The number of fused-ring (bicyclic) bond motifs is 1. The Kier molecular flexibility index (Phi) is 4.84. The molecule has 3 heterocycles. The monoisotopic (exact) mass is 362 g/mol. The summed E-state index contributed by atoms with van der Waals surface area (Å²) >= 11 is 0. The average Bonchev–Trinajstić information content (AvgIpc) is 3.00. The Morgan fingerprint density at radius 3 is 2.56 bits per heavy atom. The van der Waals surface area contributed by atoms with Gasteiger partial charge < -0.3 is 14.6 Å². The first-order valence-corrected chi connectivity index (χ1v) is 9.70. The first-order chi connectivity index (χ1) is 13.1. The first-order valence-electron chi connectivity index (χ1n) is 9.70. The van der Waals surface area contributed by atoms with Crippen LogP contribution < -0.4 is 10.2 Å². The Morgan fingerprint density at radius 2 is 1.81 bits per heavy atom. The fourth-order valence-corrected chi connectivity index (χ4v) is 3.84. The van der Waals surface area contributed by atoms with Crippen LogP contribution in [-0.2, 0) is 11.2 Å². The molecule has 5 nitrogen and oxygen atoms in total. The van der Waals surface area contributed by atoms with Gasteiger partial charge in [0.25, 0.3) is 0 Å². The van der Waals surface area contributed by atoms with Gasteiger partial charge in [0.2, 0.25) is 5.91 Å². The van der Waals surface area contributed by atoms with Crippen LogP contribution in [-0.4, -0.2) is 28.4 Å². The number of benzene rings is 1. The summed E-state index contributed by atoms with van der Waals surface area (Å²) in [5.74, 6) is -0.0212. The largest absolute Gasteiger partial charge is 0.372 e. The van der Waals surface area contributed by atoms with Crippen LogP contribution >= 0.6 is 0 Å². The zero-order valence-electron chi connectivity index (χ0n) is 16.0. The second-order valence-corrected chi connectivity index (χ2v) is 7.35. The number of amides is 1. The zero-order chi connectivity index (χ0) is 18.8. The fraction of sp³-hybridized carbons (Fsp3) is 0.364. The predicted octanol–water partition coefficient (Wildman–Crippen LogP) is 4.12. The van der Waals surface area contributed by atoms with Gasteiger partial charge in [-0.25, -0.2) is 4.98 Å². The molecule has 1 aliphatic rings. The SMILES string of the molecule is Cc1nc2c(C)cccn2c1CC(=O)Nc1ccc(N2CCCCC2)cc1. The molecular weight excluding hydrogens is 336 g/mol. The number of imidazole rings is 1. The van der Waals surface area contributed by atoms with Gasteiger partial charge in [-0.3, -0.25) is 4.79 Å². The molecule has 0 radical (unpaired) electrons. The van der Waals surface area contributed by atoms with E-state index in [2.05, 4.69) is 27.3 Å². The zero-order valence-corrected chi connectivity index (χ0v) is 16.0. The maximum atomic E-state index is 12.6. The number of aromatic nitrogens is 2. The number of pyridine rings is 1. The topological polar surface area (TPSA) is 49.6 Å². The summed E-state index contributed by atoms with van der Waals surface area (Å²) < 4.78 is 2.02. The minimum atomic E-state index is -0.0212. The molecule has 1 saturated heterocycles. The Hall–Kier alpha value is -2.82. The summed E-state index contributed by atoms with van der Waals surface area (Å²) in [4.78, 5) is 19.6. The van der Waals surface area contributed by atoms with E-state index in [1.54, 1.807) is 0 Å². The highest BCUT2D eigenvalue weighted by molar-refractivity contribution is 5.92. The van der Waals surface area contributed by atoms with E-state index in [0.717, 1.165) is 41.4 Å². The van der Waals surface area contributed by atoms with E-state index in [-0.39, 0.29) is 5.91 Å². The molecule has 3 aromatic rings. The van der Waals surface area contributed by atoms with Crippen LogP contribution in [0.25, 0.3) is 5.65 Å². The molecule has 0 bridgehead atoms. The van der Waals surface area contributed by atoms with Crippen molar-refractivity contribution in [3.8, 4) is 0 Å². The molecule has 0 unspecified atom stereocenters. The van der Waals surface area contributed by atoms with E-state index in [1.807, 2.05) is 48.7 Å². The van der Waals surface area contributed by atoms with Gasteiger partial charge in [0, 0.05) is 30.7 Å². The minimum absolute atomic E-state index is 0.0212. The molecule has 1 amide bonds. The third kappa shape index (κ3) is 3.68. The van der Waals surface area contributed by atoms with E-state index in [0.29, 0.717) is 6.42 Å². The lowest BCUT2D eigenvalue weighted by Crippen LogP contribution is -2.29. The molecule has 1 N–H and O–H groups in total. The molecule has 0 aliphatic carbocycles. The van der Waals surface area contributed by atoms with Gasteiger partial charge >= 0.3 is 0 Å². The van der Waals surface area contributed by atoms with Crippen LogP contribution in [0.2, 0.25) is 0 Å². The van der Waals surface area contributed by atoms with Gasteiger partial charge in [0.15, 0.2) is 0 Å². The van der Waals surface area contributed by atoms with Crippen molar-refractivity contribution in [1.29, 1.82) is 0 Å². The predicted molar refractivity (Wildman–Crippen MR) is 110 cm³/mol. The van der Waals surface area contributed by atoms with Crippen LogP contribution in [0.3, 0.4) is 0 Å². The molecule has 140 valence electrons. The third-order valence-electron chi connectivity index (χ3n) is 5.34. The molecule has 1 aromatic carbocycles. The molecule has 0 saturated carbocycles. The summed E-state index contributed by atoms with van der Waals surface area (Å²) in [5, 5.41) is 3.02. The number of nitrogens with one attached hydrogen (secondary N) is 1. The summed E-state index contributed by atoms with van der Waals surface area (Å²) in [7, 11) is 0. The number of hydrogen-bond acceptors (Lipinski definition) is 3. The van der Waals surface area contributed by atoms with E-state index in [9.17, 15) is 4.79 Å². The molecule has 1 fully saturated rings. The van der Waals surface area contributed by atoms with Gasteiger partial charge in [0.05, 0.1) is 17.8 Å². The number of nitrogens with zero attached hydrogens (tertiary/aromatic N) is 3. The van der Waals surface area contributed by atoms with Gasteiger partial charge in [-0.15, -0.1) is 0 Å². The Labute approximate surface area is 160 Å². The van der Waals surface area contributed by atoms with Crippen molar-refractivity contribution < 1.29 is 4.79 Å². The smallest absolute Gasteiger partial charge is 0.230 e. The maximum Gasteiger partial charge on any atom is 0.230 e. The highest BCUT2D eigenvalue weighted by Gasteiger charge is 2.15. The van der Waals surface area contributed by atoms with Crippen LogP contribution in [0.5, 0.6) is 0 Å². The van der Waals surface area contributed by atoms with Gasteiger partial charge in [-0.2, -0.15) is 0 Å². The van der Waals surface area contributed by atoms with Gasteiger partial charge in [-0.05, 0) is 69.0 Å². The summed E-state index contributed by atoms with van der Waals surface area (Å²) in [5.41, 5.74) is 5.95. The van der Waals surface area contributed by atoms with Crippen LogP contribution in [0.4, 0.5) is 11.4 Å². The van der Waals surface area contributed by atoms with Crippen molar-refractivity contribution in [3.05, 3.63) is 59.5 Å². The number of carbonyl (C=O) groups is 1. The highest BCUT2D eigenvalue weighted by atomic mass is 16.1. The van der Waals surface area contributed by atoms with Crippen molar-refractivity contribution in [1.82, 2.24) is 9.38 Å². The number of rotatable bonds is 4. The average molecular weight is 362 g/mol. The van der Waals surface area contributed by atoms with E-state index in [1.165, 1.54) is 24.9 Å². The fourth-order valence-electron chi connectivity index (χ4n) is 3.84. The number of aryl methyl sites for hydroxylation is 2. The molecule has 2 aromatic heterocycles. The number of anilines is 2. The molecule has 27 heavy (non-hydrogen) atoms. The van der Waals surface area contributed by atoms with Gasteiger partial charge in [-0.1, -0.05) is 6.07 Å². The number of piperidine rings is 1. The summed E-state index contributed by atoms with van der Waals surface area (Å²) in [6.07, 6.45) is 6.13. The number of hydrogen-bond donors (Lipinski definition) is 1. The standard InChI is InChI=1S/C22H26N4O/c1-16-7-6-14-26-20(17(2)23-22(16)26)15-21(27)24-18-8-10-19(11-9-18)25-12-4-3-5-13-25/h6-11,14H,3-5,12-13,15H2,1-2H3,(H,24,27). The van der Waals surface area contributed by atoms with E-state index < -0.39 is 0 Å². The lowest BCUT2D eigenvalue weighted by atomic mass is 10.1. The quantitative estimate of drug-likeness (QED) is 0.759. The van der Waals surface area contributed by atoms with Crippen molar-refractivity contribution in [2.45, 2.75) is 39.5 Å². The normalized spacial score (nSPS) is 14.5. The molecule has 4 rings (SSSR count). The van der Waals surface area contributed by atoms with E-state index >= 15 is 0 Å². The van der Waals surface area contributed by atoms with Crippen molar-refractivity contribution in [3.63, 3.8) is 0 Å². The highest BCUT2D eigenvalue weighted by Crippen LogP contribution is 2.22. The molecular formula is C22H26N4O. The Balaban J connectivity index is 1.45. The van der Waals surface area contributed by atoms with Crippen molar-refractivity contribution in [2.75, 3.05) is 23.3 Å². The van der Waals surface area contributed by atoms with E-state index in [4.69, 9.17) is 0 Å². The lowest BCUT2D eigenvalue weighted by Gasteiger charge is -2.28. The summed E-state index contributed by atoms with van der Waals surface area (Å²) in [6.45, 7) is 6.25. The third-order valence-corrected chi connectivity index (χ3v) is 5.34. The van der Waals surface area contributed by atoms with Crippen molar-refractivity contribution >= 4 is 22.9 Å². The second kappa shape index (κ2) is 7.43. The van der Waals surface area contributed by atoms with Crippen LogP contribution in [0, 0.1) is 13.8 Å². The molecule has 5 heteroatoms. The molecule has 0 atom stereocenters. The lowest BCUT2D eigenvalue weighted by molar-refractivity contribution is -0.115. The maximum absolute atomic E-state index is 12.6. The van der Waals surface area contributed by atoms with Crippen molar-refractivity contribution in [2.24, 2.45) is 0 Å². The van der Waals surface area contributed by atoms with Gasteiger partial charge in [0.1, 0.15) is 5.65 Å². The Morgan fingerprint density at radius 1 is 1.07 bits per heavy atom. The Bertz CT molecular complexity index is 952. The summed E-state index contributed by atoms with van der Waals surface area (Å²) in [6, 6.07) is 12.2. The van der Waals surface area contributed by atoms with Crippen LogP contribution in [0.15, 0.2) is 42.6 Å². The molecule has 1 aliphatic heterocycles. The second-order valence-electron chi connectivity index (χ2n) is 7.35. The van der Waals surface area contributed by atoms with Crippen LogP contribution in [0.1, 0.15) is 36.2 Å². The molecule has 0 spiro atoms. The number of carbonyl (C=O) groups excluding carboxylic acids is 1. The first kappa shape index (κ1) is 17.6. The minimum Gasteiger partial charge on any atom is -0.372 e.